The van der Waals surface area contributed by atoms with Crippen molar-refractivity contribution in [2.24, 2.45) is 0 Å². The van der Waals surface area contributed by atoms with Gasteiger partial charge >= 0.3 is 11.9 Å². The van der Waals surface area contributed by atoms with Gasteiger partial charge in [-0.05, 0) is 77.0 Å². The van der Waals surface area contributed by atoms with Crippen molar-refractivity contribution in [1.82, 2.24) is 0 Å². The zero-order valence-corrected chi connectivity index (χ0v) is 46.1. The first-order valence-electron chi connectivity index (χ1n) is 30.5. The first-order valence-corrected chi connectivity index (χ1v) is 30.5. The molecule has 0 bridgehead atoms. The average molecular weight is 956 g/mol. The van der Waals surface area contributed by atoms with Crippen molar-refractivity contribution >= 4 is 11.9 Å². The average Bonchev–Trinajstić information content (AvgIpc) is 3.34. The number of carbonyl (C=O) groups is 2. The van der Waals surface area contributed by atoms with Crippen molar-refractivity contribution < 1.29 is 23.8 Å². The second kappa shape index (κ2) is 59.4. The van der Waals surface area contributed by atoms with E-state index in [1.807, 2.05) is 0 Å². The van der Waals surface area contributed by atoms with Gasteiger partial charge in [-0.15, -0.1) is 0 Å². The van der Waals surface area contributed by atoms with E-state index in [1.165, 1.54) is 257 Å². The molecule has 0 saturated carbocycles. The van der Waals surface area contributed by atoms with E-state index in [-0.39, 0.29) is 18.5 Å². The van der Waals surface area contributed by atoms with Crippen molar-refractivity contribution in [2.75, 3.05) is 19.8 Å². The normalized spacial score (nSPS) is 12.3. The number of hydrogen-bond acceptors (Lipinski definition) is 5. The standard InChI is InChI=1S/C63H118O5/c1-4-7-10-13-16-19-22-25-28-31-32-34-35-38-41-44-47-50-53-56-62(64)67-60-61(59-66-58-55-52-49-46-43-40-37-30-27-24-21-18-15-12-9-6-3)68-63(65)57-54-51-48-45-42-39-36-33-29-26-23-20-17-14-11-8-5-2/h16,19,25-26,28-29,61H,4-15,17-18,20-24,27,30-60H2,1-3H3/b19-16-,28-25-,29-26-. The topological polar surface area (TPSA) is 61.8 Å². The smallest absolute Gasteiger partial charge is 0.306 e. The quantitative estimate of drug-likeness (QED) is 0.0345. The third-order valence-corrected chi connectivity index (χ3v) is 13.6. The molecule has 1 unspecified atom stereocenters. The summed E-state index contributed by atoms with van der Waals surface area (Å²) in [4.78, 5) is 25.6. The highest BCUT2D eigenvalue weighted by atomic mass is 16.6. The zero-order valence-electron chi connectivity index (χ0n) is 46.1. The summed E-state index contributed by atoms with van der Waals surface area (Å²) in [5.74, 6) is -0.386. The number of allylic oxidation sites excluding steroid dienone is 6. The second-order valence-electron chi connectivity index (χ2n) is 20.6. The summed E-state index contributed by atoms with van der Waals surface area (Å²) in [7, 11) is 0. The van der Waals surface area contributed by atoms with E-state index in [1.54, 1.807) is 0 Å². The van der Waals surface area contributed by atoms with Gasteiger partial charge in [0.25, 0.3) is 0 Å². The zero-order chi connectivity index (χ0) is 49.2. The maximum absolute atomic E-state index is 12.9. The molecule has 0 aromatic rings. The SMILES string of the molecule is CCCCC/C=C\C/C=C\CCCCCCCCCCCC(=O)OCC(COCCCCCCCCCCCCCCCCCC)OC(=O)CCCCCCCCC/C=C\CCCCCCCC. The molecule has 0 fully saturated rings. The molecule has 0 N–H and O–H groups in total. The van der Waals surface area contributed by atoms with Gasteiger partial charge in [-0.25, -0.2) is 0 Å². The van der Waals surface area contributed by atoms with Crippen molar-refractivity contribution in [3.05, 3.63) is 36.5 Å². The van der Waals surface area contributed by atoms with E-state index in [2.05, 4.69) is 57.2 Å². The van der Waals surface area contributed by atoms with Gasteiger partial charge in [0.1, 0.15) is 6.61 Å². The number of ether oxygens (including phenoxy) is 3. The van der Waals surface area contributed by atoms with Crippen LogP contribution < -0.4 is 0 Å². The predicted octanol–water partition coefficient (Wildman–Crippen LogP) is 20.9. The van der Waals surface area contributed by atoms with Crippen LogP contribution in [0.5, 0.6) is 0 Å². The Labute approximate surface area is 425 Å². The molecule has 0 radical (unpaired) electrons. The Balaban J connectivity index is 4.24. The summed E-state index contributed by atoms with van der Waals surface area (Å²) in [5.41, 5.74) is 0. The van der Waals surface area contributed by atoms with Gasteiger partial charge in [0.15, 0.2) is 6.10 Å². The molecule has 1 atom stereocenters. The Kier molecular flexibility index (Phi) is 57.8. The molecule has 0 heterocycles. The van der Waals surface area contributed by atoms with E-state index < -0.39 is 6.10 Å². The molecule has 0 saturated heterocycles. The van der Waals surface area contributed by atoms with E-state index in [0.717, 1.165) is 38.5 Å². The van der Waals surface area contributed by atoms with Gasteiger partial charge in [0.05, 0.1) is 6.61 Å². The maximum Gasteiger partial charge on any atom is 0.306 e. The predicted molar refractivity (Wildman–Crippen MR) is 298 cm³/mol. The van der Waals surface area contributed by atoms with E-state index in [9.17, 15) is 9.59 Å². The van der Waals surface area contributed by atoms with Gasteiger partial charge in [0.2, 0.25) is 0 Å². The molecular formula is C63H118O5. The van der Waals surface area contributed by atoms with Crippen LogP contribution in [0.15, 0.2) is 36.5 Å². The highest BCUT2D eigenvalue weighted by Crippen LogP contribution is 2.17. The first kappa shape index (κ1) is 66.1. The first-order chi connectivity index (χ1) is 33.6. The van der Waals surface area contributed by atoms with Crippen LogP contribution in [0.25, 0.3) is 0 Å². The molecule has 68 heavy (non-hydrogen) atoms. The lowest BCUT2D eigenvalue weighted by atomic mass is 10.0. The highest BCUT2D eigenvalue weighted by Gasteiger charge is 2.17. The fraction of sp³-hybridized carbons (Fsp3) is 0.873. The molecule has 0 aromatic heterocycles. The van der Waals surface area contributed by atoms with Gasteiger partial charge in [0, 0.05) is 19.4 Å². The van der Waals surface area contributed by atoms with E-state index >= 15 is 0 Å². The molecule has 0 spiro atoms. The number of hydrogen-bond donors (Lipinski definition) is 0. The summed E-state index contributed by atoms with van der Waals surface area (Å²) in [5, 5.41) is 0. The van der Waals surface area contributed by atoms with Gasteiger partial charge in [-0.2, -0.15) is 0 Å². The highest BCUT2D eigenvalue weighted by molar-refractivity contribution is 5.70. The fourth-order valence-electron chi connectivity index (χ4n) is 9.07. The van der Waals surface area contributed by atoms with Crippen LogP contribution >= 0.6 is 0 Å². The molecule has 0 aliphatic carbocycles. The minimum Gasteiger partial charge on any atom is -0.462 e. The van der Waals surface area contributed by atoms with Crippen LogP contribution in [-0.2, 0) is 23.8 Å². The van der Waals surface area contributed by atoms with Gasteiger partial charge < -0.3 is 14.2 Å². The van der Waals surface area contributed by atoms with Crippen LogP contribution in [-0.4, -0.2) is 37.9 Å². The Morgan fingerprint density at radius 1 is 0.324 bits per heavy atom. The lowest BCUT2D eigenvalue weighted by Crippen LogP contribution is -2.30. The maximum atomic E-state index is 12.9. The van der Waals surface area contributed by atoms with Crippen molar-refractivity contribution in [1.29, 1.82) is 0 Å². The molecule has 5 heteroatoms. The largest absolute Gasteiger partial charge is 0.462 e. The molecular weight excluding hydrogens is 837 g/mol. The van der Waals surface area contributed by atoms with Crippen molar-refractivity contribution in [2.45, 2.75) is 335 Å². The van der Waals surface area contributed by atoms with Gasteiger partial charge in [-0.1, -0.05) is 276 Å². The lowest BCUT2D eigenvalue weighted by Gasteiger charge is -2.18. The Morgan fingerprint density at radius 2 is 0.618 bits per heavy atom. The van der Waals surface area contributed by atoms with Gasteiger partial charge in [-0.3, -0.25) is 9.59 Å². The Hall–Kier alpha value is -1.88. The van der Waals surface area contributed by atoms with Crippen molar-refractivity contribution in [3.63, 3.8) is 0 Å². The monoisotopic (exact) mass is 955 g/mol. The van der Waals surface area contributed by atoms with Crippen LogP contribution in [0.4, 0.5) is 0 Å². The molecule has 400 valence electrons. The summed E-state index contributed by atoms with van der Waals surface area (Å²) in [6, 6.07) is 0. The molecule has 0 rings (SSSR count). The molecule has 5 nitrogen and oxygen atoms in total. The van der Waals surface area contributed by atoms with Crippen molar-refractivity contribution in [3.8, 4) is 0 Å². The van der Waals surface area contributed by atoms with E-state index in [0.29, 0.717) is 26.1 Å². The molecule has 0 amide bonds. The Bertz CT molecular complexity index is 1080. The summed E-state index contributed by atoms with van der Waals surface area (Å²) in [6.07, 6.45) is 73.1. The van der Waals surface area contributed by atoms with E-state index in [4.69, 9.17) is 14.2 Å². The summed E-state index contributed by atoms with van der Waals surface area (Å²) >= 11 is 0. The van der Waals surface area contributed by atoms with Crippen LogP contribution in [0.1, 0.15) is 329 Å². The minimum atomic E-state index is -0.536. The third-order valence-electron chi connectivity index (χ3n) is 13.6. The second-order valence-corrected chi connectivity index (χ2v) is 20.6. The number of esters is 2. The van der Waals surface area contributed by atoms with Crippen LogP contribution in [0.2, 0.25) is 0 Å². The number of unbranched alkanes of at least 4 members (excludes halogenated alkanes) is 40. The lowest BCUT2D eigenvalue weighted by molar-refractivity contribution is -0.163. The fourth-order valence-corrected chi connectivity index (χ4v) is 9.07. The molecule has 0 aliphatic rings. The summed E-state index contributed by atoms with van der Waals surface area (Å²) < 4.78 is 17.5. The number of rotatable bonds is 57. The Morgan fingerprint density at radius 3 is 1.01 bits per heavy atom. The van der Waals surface area contributed by atoms with Crippen LogP contribution in [0, 0.1) is 0 Å². The summed E-state index contributed by atoms with van der Waals surface area (Å²) in [6.45, 7) is 7.86. The number of carbonyl (C=O) groups excluding carboxylic acids is 2. The third kappa shape index (κ3) is 56.7. The minimum absolute atomic E-state index is 0.0870. The van der Waals surface area contributed by atoms with Crippen LogP contribution in [0.3, 0.4) is 0 Å². The molecule has 0 aliphatic heterocycles. The molecule has 0 aromatic carbocycles.